The van der Waals surface area contributed by atoms with Crippen LogP contribution in [0.15, 0.2) is 42.5 Å². The summed E-state index contributed by atoms with van der Waals surface area (Å²) < 4.78 is 10.8. The van der Waals surface area contributed by atoms with Crippen LogP contribution in [0.2, 0.25) is 10.0 Å². The van der Waals surface area contributed by atoms with Crippen molar-refractivity contribution in [1.82, 2.24) is 10.2 Å². The number of methoxy groups -OCH3 is 1. The number of ether oxygens (including phenoxy) is 2. The standard InChI is InChI=1S/C23H28Cl2N2O4/c1-15(22(29)26-23(2,3)4)27(13-16-6-11-19(24)20(25)12-16)21(28)14-31-18-9-7-17(30-5)8-10-18/h6-12,15H,13-14H2,1-5H3,(H,26,29)/t15-/m1/s1. The Morgan fingerprint density at radius 2 is 1.65 bits per heavy atom. The zero-order chi connectivity index (χ0) is 23.2. The first kappa shape index (κ1) is 24.8. The summed E-state index contributed by atoms with van der Waals surface area (Å²) in [6.07, 6.45) is 0. The molecule has 1 N–H and O–H groups in total. The summed E-state index contributed by atoms with van der Waals surface area (Å²) in [5, 5.41) is 3.72. The van der Waals surface area contributed by atoms with E-state index in [1.807, 2.05) is 20.8 Å². The van der Waals surface area contributed by atoms with Gasteiger partial charge in [-0.1, -0.05) is 29.3 Å². The Balaban J connectivity index is 2.18. The van der Waals surface area contributed by atoms with Gasteiger partial charge in [0.1, 0.15) is 17.5 Å². The van der Waals surface area contributed by atoms with Crippen molar-refractivity contribution in [2.75, 3.05) is 13.7 Å². The molecule has 0 aliphatic carbocycles. The number of halogens is 2. The molecule has 0 unspecified atom stereocenters. The van der Waals surface area contributed by atoms with Crippen molar-refractivity contribution >= 4 is 35.0 Å². The zero-order valence-corrected chi connectivity index (χ0v) is 19.9. The minimum absolute atomic E-state index is 0.181. The lowest BCUT2D eigenvalue weighted by molar-refractivity contribution is -0.142. The minimum atomic E-state index is -0.722. The molecule has 0 heterocycles. The van der Waals surface area contributed by atoms with Crippen LogP contribution < -0.4 is 14.8 Å². The van der Waals surface area contributed by atoms with Crippen LogP contribution in [0.4, 0.5) is 0 Å². The van der Waals surface area contributed by atoms with Crippen LogP contribution in [0.3, 0.4) is 0 Å². The smallest absolute Gasteiger partial charge is 0.261 e. The Morgan fingerprint density at radius 3 is 2.19 bits per heavy atom. The predicted octanol–water partition coefficient (Wildman–Crippen LogP) is 4.71. The highest BCUT2D eigenvalue weighted by molar-refractivity contribution is 6.42. The van der Waals surface area contributed by atoms with E-state index >= 15 is 0 Å². The molecule has 0 saturated carbocycles. The molecular formula is C23H28Cl2N2O4. The average Bonchev–Trinajstić information content (AvgIpc) is 2.71. The Kier molecular flexibility index (Phi) is 8.60. The number of benzene rings is 2. The molecule has 2 aromatic carbocycles. The molecule has 0 bridgehead atoms. The molecule has 0 radical (unpaired) electrons. The third-order valence-electron chi connectivity index (χ3n) is 4.42. The van der Waals surface area contributed by atoms with Gasteiger partial charge in [0.15, 0.2) is 6.61 Å². The topological polar surface area (TPSA) is 67.9 Å². The number of carbonyl (C=O) groups excluding carboxylic acids is 2. The maximum Gasteiger partial charge on any atom is 0.261 e. The molecule has 2 aromatic rings. The molecule has 0 spiro atoms. The SMILES string of the molecule is COc1ccc(OCC(=O)N(Cc2ccc(Cl)c(Cl)c2)[C@H](C)C(=O)NC(C)(C)C)cc1. The molecule has 0 aliphatic heterocycles. The number of nitrogens with zero attached hydrogens (tertiary/aromatic N) is 1. The fourth-order valence-corrected chi connectivity index (χ4v) is 3.11. The van der Waals surface area contributed by atoms with Crippen molar-refractivity contribution < 1.29 is 19.1 Å². The summed E-state index contributed by atoms with van der Waals surface area (Å²) in [5.41, 5.74) is 0.325. The van der Waals surface area contributed by atoms with Crippen LogP contribution in [-0.4, -0.2) is 42.0 Å². The first-order chi connectivity index (χ1) is 14.5. The van der Waals surface area contributed by atoms with Gasteiger partial charge in [-0.25, -0.2) is 0 Å². The Morgan fingerprint density at radius 1 is 1.03 bits per heavy atom. The minimum Gasteiger partial charge on any atom is -0.497 e. The molecule has 168 valence electrons. The van der Waals surface area contributed by atoms with Gasteiger partial charge in [-0.15, -0.1) is 0 Å². The second-order valence-corrected chi connectivity index (χ2v) is 8.96. The van der Waals surface area contributed by atoms with Gasteiger partial charge >= 0.3 is 0 Å². The van der Waals surface area contributed by atoms with Crippen LogP contribution in [0, 0.1) is 0 Å². The normalized spacial score (nSPS) is 12.1. The van der Waals surface area contributed by atoms with Crippen molar-refractivity contribution in [2.45, 2.75) is 45.8 Å². The third kappa shape index (κ3) is 7.64. The molecule has 2 rings (SSSR count). The summed E-state index contributed by atoms with van der Waals surface area (Å²) in [7, 11) is 1.57. The molecule has 0 fully saturated rings. The second kappa shape index (κ2) is 10.7. The van der Waals surface area contributed by atoms with E-state index in [-0.39, 0.29) is 25.0 Å². The lowest BCUT2D eigenvalue weighted by Crippen LogP contribution is -2.53. The number of hydrogen-bond acceptors (Lipinski definition) is 4. The van der Waals surface area contributed by atoms with Gasteiger partial charge in [-0.2, -0.15) is 0 Å². The van der Waals surface area contributed by atoms with Crippen molar-refractivity contribution in [3.63, 3.8) is 0 Å². The van der Waals surface area contributed by atoms with Gasteiger partial charge in [0, 0.05) is 12.1 Å². The second-order valence-electron chi connectivity index (χ2n) is 8.15. The molecule has 6 nitrogen and oxygen atoms in total. The highest BCUT2D eigenvalue weighted by atomic mass is 35.5. The van der Waals surface area contributed by atoms with Crippen LogP contribution in [0.5, 0.6) is 11.5 Å². The summed E-state index contributed by atoms with van der Waals surface area (Å²) in [4.78, 5) is 27.3. The Hall–Kier alpha value is -2.44. The van der Waals surface area contributed by atoms with Crippen LogP contribution in [-0.2, 0) is 16.1 Å². The number of hydrogen-bond donors (Lipinski definition) is 1. The molecule has 0 aromatic heterocycles. The summed E-state index contributed by atoms with van der Waals surface area (Å²) >= 11 is 12.1. The zero-order valence-electron chi connectivity index (χ0n) is 18.4. The van der Waals surface area contributed by atoms with Gasteiger partial charge < -0.3 is 19.7 Å². The number of rotatable bonds is 8. The molecule has 8 heteroatoms. The predicted molar refractivity (Wildman–Crippen MR) is 123 cm³/mol. The maximum atomic E-state index is 13.0. The van der Waals surface area contributed by atoms with Crippen LogP contribution >= 0.6 is 23.2 Å². The lowest BCUT2D eigenvalue weighted by Gasteiger charge is -2.31. The van der Waals surface area contributed by atoms with E-state index in [0.717, 1.165) is 5.56 Å². The number of nitrogens with one attached hydrogen (secondary N) is 1. The highest BCUT2D eigenvalue weighted by Crippen LogP contribution is 2.24. The third-order valence-corrected chi connectivity index (χ3v) is 5.16. The maximum absolute atomic E-state index is 13.0. The summed E-state index contributed by atoms with van der Waals surface area (Å²) in [6, 6.07) is 11.3. The van der Waals surface area contributed by atoms with E-state index < -0.39 is 11.6 Å². The van der Waals surface area contributed by atoms with Gasteiger partial charge in [0.2, 0.25) is 5.91 Å². The van der Waals surface area contributed by atoms with Crippen molar-refractivity contribution in [3.8, 4) is 11.5 Å². The van der Waals surface area contributed by atoms with Crippen molar-refractivity contribution in [1.29, 1.82) is 0 Å². The molecular weight excluding hydrogens is 439 g/mol. The van der Waals surface area contributed by atoms with Crippen molar-refractivity contribution in [3.05, 3.63) is 58.1 Å². The van der Waals surface area contributed by atoms with Crippen molar-refractivity contribution in [2.24, 2.45) is 0 Å². The first-order valence-corrected chi connectivity index (χ1v) is 10.6. The van der Waals surface area contributed by atoms with Crippen LogP contribution in [0.1, 0.15) is 33.3 Å². The number of carbonyl (C=O) groups is 2. The quantitative estimate of drug-likeness (QED) is 0.611. The molecule has 1 atom stereocenters. The van der Waals surface area contributed by atoms with Gasteiger partial charge in [-0.3, -0.25) is 9.59 Å². The van der Waals surface area contributed by atoms with E-state index in [0.29, 0.717) is 21.5 Å². The summed E-state index contributed by atoms with van der Waals surface area (Å²) in [6.45, 7) is 7.30. The molecule has 0 aliphatic rings. The lowest BCUT2D eigenvalue weighted by atomic mass is 10.1. The molecule has 2 amide bonds. The van der Waals surface area contributed by atoms with Crippen LogP contribution in [0.25, 0.3) is 0 Å². The number of amides is 2. The van der Waals surface area contributed by atoms with E-state index in [1.165, 1.54) is 4.90 Å². The Labute approximate surface area is 193 Å². The van der Waals surface area contributed by atoms with E-state index in [2.05, 4.69) is 5.32 Å². The molecule has 31 heavy (non-hydrogen) atoms. The average molecular weight is 467 g/mol. The summed E-state index contributed by atoms with van der Waals surface area (Å²) in [5.74, 6) is 0.617. The van der Waals surface area contributed by atoms with Gasteiger partial charge in [-0.05, 0) is 69.7 Å². The largest absolute Gasteiger partial charge is 0.497 e. The highest BCUT2D eigenvalue weighted by Gasteiger charge is 2.28. The van der Waals surface area contributed by atoms with E-state index in [1.54, 1.807) is 56.5 Å². The van der Waals surface area contributed by atoms with E-state index in [4.69, 9.17) is 32.7 Å². The molecule has 0 saturated heterocycles. The van der Waals surface area contributed by atoms with Gasteiger partial charge in [0.05, 0.1) is 17.2 Å². The van der Waals surface area contributed by atoms with Gasteiger partial charge in [0.25, 0.3) is 5.91 Å². The van der Waals surface area contributed by atoms with E-state index in [9.17, 15) is 9.59 Å². The fourth-order valence-electron chi connectivity index (χ4n) is 2.79. The first-order valence-electron chi connectivity index (χ1n) is 9.82. The Bertz CT molecular complexity index is 911. The fraction of sp³-hybridized carbons (Fsp3) is 0.391. The monoisotopic (exact) mass is 466 g/mol.